The van der Waals surface area contributed by atoms with Gasteiger partial charge >= 0.3 is 5.97 Å². The quantitative estimate of drug-likeness (QED) is 0.783. The van der Waals surface area contributed by atoms with E-state index in [-0.39, 0.29) is 6.04 Å². The number of esters is 1. The number of carbonyl (C=O) groups excluding carboxylic acids is 1. The summed E-state index contributed by atoms with van der Waals surface area (Å²) >= 11 is 1.44. The molecule has 24 heavy (non-hydrogen) atoms. The van der Waals surface area contributed by atoms with Crippen molar-refractivity contribution >= 4 is 17.3 Å². The fourth-order valence-electron chi connectivity index (χ4n) is 3.05. The fourth-order valence-corrected chi connectivity index (χ4v) is 3.79. The van der Waals surface area contributed by atoms with Crippen LogP contribution < -0.4 is 0 Å². The number of hydrogen-bond donors (Lipinski definition) is 0. The van der Waals surface area contributed by atoms with Crippen molar-refractivity contribution in [1.82, 2.24) is 19.7 Å². The molecule has 1 atom stereocenters. The van der Waals surface area contributed by atoms with Gasteiger partial charge < -0.3 is 9.47 Å². The number of nitrogens with zero attached hydrogens (tertiary/aromatic N) is 4. The summed E-state index contributed by atoms with van der Waals surface area (Å²) < 4.78 is 12.3. The smallest absolute Gasteiger partial charge is 0.357 e. The number of thiazole rings is 1. The second kappa shape index (κ2) is 7.00. The van der Waals surface area contributed by atoms with E-state index in [1.807, 2.05) is 11.6 Å². The highest BCUT2D eigenvalue weighted by molar-refractivity contribution is 7.09. The summed E-state index contributed by atoms with van der Waals surface area (Å²) in [6.07, 6.45) is 0. The Labute approximate surface area is 145 Å². The van der Waals surface area contributed by atoms with Crippen LogP contribution in [-0.4, -0.2) is 59.5 Å². The summed E-state index contributed by atoms with van der Waals surface area (Å²) in [5.41, 5.74) is 3.70. The van der Waals surface area contributed by atoms with Crippen molar-refractivity contribution in [3.8, 4) is 0 Å². The molecule has 2 aromatic rings. The van der Waals surface area contributed by atoms with Crippen LogP contribution >= 0.6 is 11.3 Å². The molecule has 7 nitrogen and oxygen atoms in total. The molecule has 0 aliphatic carbocycles. The molecular weight excluding hydrogens is 328 g/mol. The third-order valence-corrected chi connectivity index (χ3v) is 5.23. The standard InChI is InChI=1S/C16H22N4O3S/c1-10-15(13-8-23-6-5-19(13)3)11(2)20(18-10)7-14-17-12(9-24-14)16(21)22-4/h9,13H,5-8H2,1-4H3. The van der Waals surface area contributed by atoms with Gasteiger partial charge in [0.1, 0.15) is 5.01 Å². The molecule has 0 radical (unpaired) electrons. The van der Waals surface area contributed by atoms with E-state index in [1.165, 1.54) is 24.0 Å². The molecule has 0 bridgehead atoms. The van der Waals surface area contributed by atoms with Gasteiger partial charge in [0.25, 0.3) is 0 Å². The van der Waals surface area contributed by atoms with E-state index < -0.39 is 5.97 Å². The molecule has 130 valence electrons. The van der Waals surface area contributed by atoms with Crippen molar-refractivity contribution in [2.75, 3.05) is 33.9 Å². The van der Waals surface area contributed by atoms with Crippen molar-refractivity contribution in [2.24, 2.45) is 0 Å². The lowest BCUT2D eigenvalue weighted by Gasteiger charge is -2.32. The Kier molecular flexibility index (Phi) is 4.98. The van der Waals surface area contributed by atoms with Gasteiger partial charge in [-0.3, -0.25) is 9.58 Å². The van der Waals surface area contributed by atoms with Crippen LogP contribution in [0.3, 0.4) is 0 Å². The molecule has 8 heteroatoms. The van der Waals surface area contributed by atoms with Gasteiger partial charge in [-0.2, -0.15) is 5.10 Å². The molecule has 0 spiro atoms. The van der Waals surface area contributed by atoms with Gasteiger partial charge in [0, 0.05) is 23.2 Å². The third kappa shape index (κ3) is 3.22. The average Bonchev–Trinajstić information content (AvgIpc) is 3.13. The number of ether oxygens (including phenoxy) is 2. The predicted molar refractivity (Wildman–Crippen MR) is 90.4 cm³/mol. The summed E-state index contributed by atoms with van der Waals surface area (Å²) in [4.78, 5) is 18.2. The van der Waals surface area contributed by atoms with E-state index in [0.717, 1.165) is 29.5 Å². The lowest BCUT2D eigenvalue weighted by Crippen LogP contribution is -2.37. The molecule has 1 aliphatic rings. The van der Waals surface area contributed by atoms with E-state index in [9.17, 15) is 4.79 Å². The molecule has 0 amide bonds. The minimum atomic E-state index is -0.410. The van der Waals surface area contributed by atoms with Crippen LogP contribution in [0.5, 0.6) is 0 Å². The van der Waals surface area contributed by atoms with Crippen molar-refractivity contribution in [3.63, 3.8) is 0 Å². The number of morpholine rings is 1. The normalized spacial score (nSPS) is 18.8. The Hall–Kier alpha value is -1.77. The SMILES string of the molecule is COC(=O)c1csc(Cn2nc(C)c(C3COCCN3C)c2C)n1. The topological polar surface area (TPSA) is 69.5 Å². The van der Waals surface area contributed by atoms with E-state index in [4.69, 9.17) is 9.47 Å². The van der Waals surface area contributed by atoms with Crippen LogP contribution in [0, 0.1) is 13.8 Å². The highest BCUT2D eigenvalue weighted by atomic mass is 32.1. The maximum absolute atomic E-state index is 11.5. The van der Waals surface area contributed by atoms with Crippen molar-refractivity contribution in [3.05, 3.63) is 33.0 Å². The largest absolute Gasteiger partial charge is 0.464 e. The van der Waals surface area contributed by atoms with Gasteiger partial charge in [-0.25, -0.2) is 9.78 Å². The fraction of sp³-hybridized carbons (Fsp3) is 0.562. The molecule has 1 aliphatic heterocycles. The first-order valence-corrected chi connectivity index (χ1v) is 8.73. The Bertz CT molecular complexity index is 740. The number of carbonyl (C=O) groups is 1. The lowest BCUT2D eigenvalue weighted by molar-refractivity contribution is 0.00457. The Morgan fingerprint density at radius 2 is 2.29 bits per heavy atom. The number of rotatable bonds is 4. The van der Waals surface area contributed by atoms with Gasteiger partial charge in [0.05, 0.1) is 38.6 Å². The molecule has 1 saturated heterocycles. The molecule has 1 fully saturated rings. The zero-order valence-corrected chi connectivity index (χ0v) is 15.2. The molecule has 0 N–H and O–H groups in total. The number of aryl methyl sites for hydroxylation is 1. The summed E-state index contributed by atoms with van der Waals surface area (Å²) in [6.45, 7) is 7.03. The number of aromatic nitrogens is 3. The van der Waals surface area contributed by atoms with Crippen LogP contribution in [-0.2, 0) is 16.0 Å². The molecule has 0 aromatic carbocycles. The van der Waals surface area contributed by atoms with Crippen LogP contribution in [0.15, 0.2) is 5.38 Å². The number of methoxy groups -OCH3 is 1. The number of likely N-dealkylation sites (N-methyl/N-ethyl adjacent to an activating group) is 1. The first-order valence-electron chi connectivity index (χ1n) is 7.86. The van der Waals surface area contributed by atoms with Crippen molar-refractivity contribution in [1.29, 1.82) is 0 Å². The van der Waals surface area contributed by atoms with E-state index in [0.29, 0.717) is 18.8 Å². The molecule has 1 unspecified atom stereocenters. The first-order chi connectivity index (χ1) is 11.5. The molecule has 3 heterocycles. The van der Waals surface area contributed by atoms with E-state index in [2.05, 4.69) is 29.0 Å². The van der Waals surface area contributed by atoms with E-state index in [1.54, 1.807) is 5.38 Å². The van der Waals surface area contributed by atoms with Crippen molar-refractivity contribution < 1.29 is 14.3 Å². The second-order valence-electron chi connectivity index (χ2n) is 5.93. The Morgan fingerprint density at radius 3 is 3.00 bits per heavy atom. The van der Waals surface area contributed by atoms with Gasteiger partial charge in [-0.05, 0) is 20.9 Å². The summed E-state index contributed by atoms with van der Waals surface area (Å²) in [5, 5.41) is 7.23. The second-order valence-corrected chi connectivity index (χ2v) is 6.87. The van der Waals surface area contributed by atoms with Crippen molar-refractivity contribution in [2.45, 2.75) is 26.4 Å². The van der Waals surface area contributed by atoms with Crippen LogP contribution in [0.2, 0.25) is 0 Å². The monoisotopic (exact) mass is 350 g/mol. The van der Waals surface area contributed by atoms with Gasteiger partial charge in [-0.1, -0.05) is 0 Å². The molecular formula is C16H22N4O3S. The minimum absolute atomic E-state index is 0.231. The summed E-state index contributed by atoms with van der Waals surface area (Å²) in [7, 11) is 3.48. The molecule has 0 saturated carbocycles. The van der Waals surface area contributed by atoms with Gasteiger partial charge in [0.2, 0.25) is 0 Å². The van der Waals surface area contributed by atoms with Crippen LogP contribution in [0.25, 0.3) is 0 Å². The average molecular weight is 350 g/mol. The van der Waals surface area contributed by atoms with Crippen LogP contribution in [0.1, 0.15) is 38.5 Å². The summed E-state index contributed by atoms with van der Waals surface area (Å²) in [6, 6.07) is 0.231. The van der Waals surface area contributed by atoms with E-state index >= 15 is 0 Å². The van der Waals surface area contributed by atoms with Crippen LogP contribution in [0.4, 0.5) is 0 Å². The molecule has 3 rings (SSSR count). The zero-order chi connectivity index (χ0) is 17.3. The highest BCUT2D eigenvalue weighted by Gasteiger charge is 2.27. The minimum Gasteiger partial charge on any atom is -0.464 e. The Morgan fingerprint density at radius 1 is 1.50 bits per heavy atom. The summed E-state index contributed by atoms with van der Waals surface area (Å²) in [5.74, 6) is -0.410. The third-order valence-electron chi connectivity index (χ3n) is 4.40. The highest BCUT2D eigenvalue weighted by Crippen LogP contribution is 2.28. The van der Waals surface area contributed by atoms with Gasteiger partial charge in [0.15, 0.2) is 5.69 Å². The predicted octanol–water partition coefficient (Wildman–Crippen LogP) is 1.79. The molecule has 2 aromatic heterocycles. The Balaban J connectivity index is 1.83. The maximum Gasteiger partial charge on any atom is 0.357 e. The zero-order valence-electron chi connectivity index (χ0n) is 14.4. The maximum atomic E-state index is 11.5. The van der Waals surface area contributed by atoms with Gasteiger partial charge in [-0.15, -0.1) is 11.3 Å². The lowest BCUT2D eigenvalue weighted by atomic mass is 10.0. The first kappa shape index (κ1) is 17.1. The number of hydrogen-bond acceptors (Lipinski definition) is 7.